The normalized spacial score (nSPS) is 25.4. The molecule has 0 radical (unpaired) electrons. The van der Waals surface area contributed by atoms with E-state index in [4.69, 9.17) is 10.5 Å². The number of hydrogen-bond donors (Lipinski definition) is 2. The minimum atomic E-state index is -0.888. The van der Waals surface area contributed by atoms with Gasteiger partial charge >= 0.3 is 0 Å². The highest BCUT2D eigenvalue weighted by Gasteiger charge is 2.45. The molecule has 3 rings (SSSR count). The number of benzene rings is 1. The number of nitrogens with zero attached hydrogens (tertiary/aromatic N) is 1. The van der Waals surface area contributed by atoms with Crippen LogP contribution in [-0.4, -0.2) is 44.1 Å². The van der Waals surface area contributed by atoms with E-state index in [0.29, 0.717) is 6.42 Å². The fourth-order valence-corrected chi connectivity index (χ4v) is 3.26. The summed E-state index contributed by atoms with van der Waals surface area (Å²) in [7, 11) is 1.66. The lowest BCUT2D eigenvalue weighted by molar-refractivity contribution is -0.138. The number of carbonyl (C=O) groups excluding carboxylic acids is 1. The van der Waals surface area contributed by atoms with Gasteiger partial charge in [-0.3, -0.25) is 4.79 Å². The topological polar surface area (TPSA) is 67.6 Å². The van der Waals surface area contributed by atoms with Crippen LogP contribution in [-0.2, 0) is 16.8 Å². The van der Waals surface area contributed by atoms with Crippen LogP contribution >= 0.6 is 0 Å². The van der Waals surface area contributed by atoms with Crippen molar-refractivity contribution in [2.75, 3.05) is 33.3 Å². The standard InChI is InChI=1S/C15H21N3O2/c1-20-13-4-2-3-12-11(13)5-6-15(12,16)14(19)18-9-7-17-8-10-18/h2-4,17H,5-10,16H2,1H3. The number of ether oxygens (including phenoxy) is 1. The number of hydrogen-bond acceptors (Lipinski definition) is 4. The molecule has 5 heteroatoms. The van der Waals surface area contributed by atoms with E-state index in [1.54, 1.807) is 7.11 Å². The van der Waals surface area contributed by atoms with Gasteiger partial charge in [-0.1, -0.05) is 12.1 Å². The molecule has 1 aliphatic heterocycles. The van der Waals surface area contributed by atoms with Gasteiger partial charge in [0, 0.05) is 26.2 Å². The minimum absolute atomic E-state index is 0.0472. The minimum Gasteiger partial charge on any atom is -0.496 e. The number of piperazine rings is 1. The first-order valence-corrected chi connectivity index (χ1v) is 7.12. The van der Waals surface area contributed by atoms with E-state index in [0.717, 1.165) is 49.5 Å². The molecule has 108 valence electrons. The zero-order valence-electron chi connectivity index (χ0n) is 11.8. The molecule has 0 spiro atoms. The van der Waals surface area contributed by atoms with Crippen LogP contribution in [0.4, 0.5) is 0 Å². The fraction of sp³-hybridized carbons (Fsp3) is 0.533. The van der Waals surface area contributed by atoms with Crippen molar-refractivity contribution in [3.63, 3.8) is 0 Å². The van der Waals surface area contributed by atoms with E-state index < -0.39 is 5.54 Å². The lowest BCUT2D eigenvalue weighted by atomic mass is 9.91. The number of carbonyl (C=O) groups is 1. The molecule has 0 bridgehead atoms. The highest BCUT2D eigenvalue weighted by molar-refractivity contribution is 5.89. The third-order valence-corrected chi connectivity index (χ3v) is 4.39. The van der Waals surface area contributed by atoms with Gasteiger partial charge in [0.15, 0.2) is 0 Å². The Morgan fingerprint density at radius 2 is 2.15 bits per heavy atom. The number of nitrogens with one attached hydrogen (secondary N) is 1. The van der Waals surface area contributed by atoms with Gasteiger partial charge < -0.3 is 20.7 Å². The number of methoxy groups -OCH3 is 1. The molecule has 1 aliphatic carbocycles. The van der Waals surface area contributed by atoms with Gasteiger partial charge in [0.25, 0.3) is 0 Å². The lowest BCUT2D eigenvalue weighted by Gasteiger charge is -2.35. The Morgan fingerprint density at radius 1 is 1.40 bits per heavy atom. The average molecular weight is 275 g/mol. The van der Waals surface area contributed by atoms with Gasteiger partial charge in [0.05, 0.1) is 7.11 Å². The van der Waals surface area contributed by atoms with Crippen LogP contribution in [0.5, 0.6) is 5.75 Å². The number of nitrogens with two attached hydrogens (primary N) is 1. The molecule has 2 aliphatic rings. The summed E-state index contributed by atoms with van der Waals surface area (Å²) in [6.07, 6.45) is 1.46. The molecule has 0 saturated carbocycles. The predicted molar refractivity (Wildman–Crippen MR) is 76.6 cm³/mol. The van der Waals surface area contributed by atoms with Crippen molar-refractivity contribution in [2.45, 2.75) is 18.4 Å². The SMILES string of the molecule is COc1cccc2c1CCC2(N)C(=O)N1CCNCC1. The summed E-state index contributed by atoms with van der Waals surface area (Å²) in [4.78, 5) is 14.7. The summed E-state index contributed by atoms with van der Waals surface area (Å²) >= 11 is 0. The lowest BCUT2D eigenvalue weighted by Crippen LogP contribution is -2.56. The van der Waals surface area contributed by atoms with Crippen molar-refractivity contribution >= 4 is 5.91 Å². The van der Waals surface area contributed by atoms with E-state index in [1.165, 1.54) is 0 Å². The molecule has 5 nitrogen and oxygen atoms in total. The maximum Gasteiger partial charge on any atom is 0.247 e. The van der Waals surface area contributed by atoms with Crippen LogP contribution in [0.2, 0.25) is 0 Å². The summed E-state index contributed by atoms with van der Waals surface area (Å²) in [6.45, 7) is 3.15. The van der Waals surface area contributed by atoms with Crippen LogP contribution in [0.3, 0.4) is 0 Å². The Morgan fingerprint density at radius 3 is 2.85 bits per heavy atom. The molecule has 1 heterocycles. The third kappa shape index (κ3) is 1.98. The number of rotatable bonds is 2. The zero-order valence-corrected chi connectivity index (χ0v) is 11.8. The van der Waals surface area contributed by atoms with Crippen LogP contribution in [0.25, 0.3) is 0 Å². The first kappa shape index (κ1) is 13.4. The Hall–Kier alpha value is -1.59. The quantitative estimate of drug-likeness (QED) is 0.810. The molecule has 20 heavy (non-hydrogen) atoms. The van der Waals surface area contributed by atoms with Crippen molar-refractivity contribution < 1.29 is 9.53 Å². The zero-order chi connectivity index (χ0) is 14.2. The first-order chi connectivity index (χ1) is 9.66. The smallest absolute Gasteiger partial charge is 0.247 e. The van der Waals surface area contributed by atoms with Gasteiger partial charge in [0.2, 0.25) is 5.91 Å². The summed E-state index contributed by atoms with van der Waals surface area (Å²) < 4.78 is 5.39. The van der Waals surface area contributed by atoms with Gasteiger partial charge in [-0.15, -0.1) is 0 Å². The molecule has 1 aromatic rings. The molecule has 1 fully saturated rings. The second kappa shape index (κ2) is 5.07. The van der Waals surface area contributed by atoms with E-state index >= 15 is 0 Å². The second-order valence-corrected chi connectivity index (χ2v) is 5.50. The monoisotopic (exact) mass is 275 g/mol. The van der Waals surface area contributed by atoms with Crippen LogP contribution in [0.1, 0.15) is 17.5 Å². The van der Waals surface area contributed by atoms with Crippen molar-refractivity contribution in [3.05, 3.63) is 29.3 Å². The van der Waals surface area contributed by atoms with Crippen molar-refractivity contribution in [2.24, 2.45) is 5.73 Å². The summed E-state index contributed by atoms with van der Waals surface area (Å²) in [6, 6.07) is 5.81. The molecular formula is C15H21N3O2. The summed E-state index contributed by atoms with van der Waals surface area (Å²) in [5.74, 6) is 0.883. The average Bonchev–Trinajstić information content (AvgIpc) is 2.86. The predicted octanol–water partition coefficient (Wildman–Crippen LogP) is 0.227. The summed E-state index contributed by atoms with van der Waals surface area (Å²) in [5, 5.41) is 3.26. The van der Waals surface area contributed by atoms with Gasteiger partial charge in [-0.2, -0.15) is 0 Å². The Labute approximate surface area is 119 Å². The number of amides is 1. The van der Waals surface area contributed by atoms with Crippen molar-refractivity contribution in [3.8, 4) is 5.75 Å². The Bertz CT molecular complexity index is 526. The largest absolute Gasteiger partial charge is 0.496 e. The van der Waals surface area contributed by atoms with E-state index in [2.05, 4.69) is 5.32 Å². The second-order valence-electron chi connectivity index (χ2n) is 5.50. The van der Waals surface area contributed by atoms with E-state index in [-0.39, 0.29) is 5.91 Å². The van der Waals surface area contributed by atoms with Gasteiger partial charge in [-0.25, -0.2) is 0 Å². The molecule has 3 N–H and O–H groups in total. The first-order valence-electron chi connectivity index (χ1n) is 7.12. The van der Waals surface area contributed by atoms with Gasteiger partial charge in [-0.05, 0) is 30.0 Å². The highest BCUT2D eigenvalue weighted by atomic mass is 16.5. The maximum absolute atomic E-state index is 12.8. The molecule has 1 saturated heterocycles. The van der Waals surface area contributed by atoms with E-state index in [1.807, 2.05) is 23.1 Å². The maximum atomic E-state index is 12.8. The van der Waals surface area contributed by atoms with Crippen LogP contribution < -0.4 is 15.8 Å². The van der Waals surface area contributed by atoms with Gasteiger partial charge in [0.1, 0.15) is 11.3 Å². The molecular weight excluding hydrogens is 254 g/mol. The van der Waals surface area contributed by atoms with Crippen LogP contribution in [0.15, 0.2) is 18.2 Å². The third-order valence-electron chi connectivity index (χ3n) is 4.39. The number of fused-ring (bicyclic) bond motifs is 1. The highest BCUT2D eigenvalue weighted by Crippen LogP contribution is 2.40. The molecule has 1 amide bonds. The molecule has 1 aromatic carbocycles. The fourth-order valence-electron chi connectivity index (χ4n) is 3.26. The Balaban J connectivity index is 1.93. The van der Waals surface area contributed by atoms with E-state index in [9.17, 15) is 4.79 Å². The Kier molecular flexibility index (Phi) is 3.40. The molecule has 1 unspecified atom stereocenters. The van der Waals surface area contributed by atoms with Crippen molar-refractivity contribution in [1.82, 2.24) is 10.2 Å². The summed E-state index contributed by atoms with van der Waals surface area (Å²) in [5.41, 5.74) is 7.63. The van der Waals surface area contributed by atoms with Crippen molar-refractivity contribution in [1.29, 1.82) is 0 Å². The van der Waals surface area contributed by atoms with Crippen LogP contribution in [0, 0.1) is 0 Å². The molecule has 1 atom stereocenters. The molecule has 0 aromatic heterocycles.